The summed E-state index contributed by atoms with van der Waals surface area (Å²) in [6.45, 7) is 4.96. The molecule has 0 bridgehead atoms. The summed E-state index contributed by atoms with van der Waals surface area (Å²) >= 11 is 1.74. The molecule has 0 fully saturated rings. The summed E-state index contributed by atoms with van der Waals surface area (Å²) in [5.41, 5.74) is 1.30. The second-order valence-corrected chi connectivity index (χ2v) is 4.59. The maximum atomic E-state index is 10.3. The third kappa shape index (κ3) is 4.01. The van der Waals surface area contributed by atoms with Crippen LogP contribution in [0.15, 0.2) is 11.4 Å². The number of nitrogens with one attached hydrogen (secondary N) is 1. The van der Waals surface area contributed by atoms with Gasteiger partial charge >= 0.3 is 5.97 Å². The Labute approximate surface area is 94.1 Å². The molecule has 1 aromatic rings. The maximum Gasteiger partial charge on any atom is 0.303 e. The van der Waals surface area contributed by atoms with Gasteiger partial charge in [0, 0.05) is 17.3 Å². The van der Waals surface area contributed by atoms with Crippen molar-refractivity contribution < 1.29 is 9.90 Å². The number of thiophene rings is 1. The fourth-order valence-electron chi connectivity index (χ4n) is 1.48. The van der Waals surface area contributed by atoms with Gasteiger partial charge in [-0.1, -0.05) is 0 Å². The SMILES string of the molecule is Cc1ccsc1C(C)NCCCC(=O)O. The van der Waals surface area contributed by atoms with E-state index >= 15 is 0 Å². The number of aliphatic carboxylic acids is 1. The van der Waals surface area contributed by atoms with E-state index < -0.39 is 5.97 Å². The lowest BCUT2D eigenvalue weighted by molar-refractivity contribution is -0.137. The summed E-state index contributed by atoms with van der Waals surface area (Å²) in [4.78, 5) is 11.6. The Morgan fingerprint density at radius 2 is 2.40 bits per heavy atom. The monoisotopic (exact) mass is 227 g/mol. The molecule has 0 saturated carbocycles. The third-order valence-electron chi connectivity index (χ3n) is 2.31. The van der Waals surface area contributed by atoms with Crippen LogP contribution in [0.1, 0.15) is 36.2 Å². The normalized spacial score (nSPS) is 12.7. The number of hydrogen-bond acceptors (Lipinski definition) is 3. The number of aryl methyl sites for hydroxylation is 1. The molecule has 1 unspecified atom stereocenters. The van der Waals surface area contributed by atoms with E-state index in [2.05, 4.69) is 30.6 Å². The highest BCUT2D eigenvalue weighted by atomic mass is 32.1. The first-order valence-corrected chi connectivity index (χ1v) is 5.98. The molecular weight excluding hydrogens is 210 g/mol. The summed E-state index contributed by atoms with van der Waals surface area (Å²) in [6.07, 6.45) is 0.924. The topological polar surface area (TPSA) is 49.3 Å². The molecule has 3 nitrogen and oxygen atoms in total. The Kier molecular flexibility index (Phi) is 4.78. The van der Waals surface area contributed by atoms with E-state index in [1.54, 1.807) is 11.3 Å². The molecule has 0 amide bonds. The van der Waals surface area contributed by atoms with E-state index in [-0.39, 0.29) is 6.42 Å². The van der Waals surface area contributed by atoms with Gasteiger partial charge in [-0.2, -0.15) is 0 Å². The summed E-state index contributed by atoms with van der Waals surface area (Å²) in [6, 6.07) is 2.42. The Balaban J connectivity index is 2.28. The second kappa shape index (κ2) is 5.88. The molecule has 0 spiro atoms. The average Bonchev–Trinajstić information content (AvgIpc) is 2.58. The molecule has 1 heterocycles. The standard InChI is InChI=1S/C11H17NO2S/c1-8-5-7-15-11(8)9(2)12-6-3-4-10(13)14/h5,7,9,12H,3-4,6H2,1-2H3,(H,13,14). The van der Waals surface area contributed by atoms with Crippen LogP contribution < -0.4 is 5.32 Å². The van der Waals surface area contributed by atoms with Gasteiger partial charge in [0.25, 0.3) is 0 Å². The Bertz CT molecular complexity index is 322. The van der Waals surface area contributed by atoms with Gasteiger partial charge < -0.3 is 10.4 Å². The van der Waals surface area contributed by atoms with E-state index in [4.69, 9.17) is 5.11 Å². The van der Waals surface area contributed by atoms with Crippen molar-refractivity contribution in [2.24, 2.45) is 0 Å². The van der Waals surface area contributed by atoms with Crippen molar-refractivity contribution >= 4 is 17.3 Å². The van der Waals surface area contributed by atoms with Crippen molar-refractivity contribution in [1.29, 1.82) is 0 Å². The van der Waals surface area contributed by atoms with Crippen LogP contribution in [0.5, 0.6) is 0 Å². The van der Waals surface area contributed by atoms with Crippen molar-refractivity contribution in [1.82, 2.24) is 5.32 Å². The molecule has 0 saturated heterocycles. The summed E-state index contributed by atoms with van der Waals surface area (Å²) in [7, 11) is 0. The van der Waals surface area contributed by atoms with Crippen molar-refractivity contribution in [3.8, 4) is 0 Å². The number of carboxylic acid groups (broad SMARTS) is 1. The van der Waals surface area contributed by atoms with Gasteiger partial charge in [-0.3, -0.25) is 4.79 Å². The number of carboxylic acids is 1. The average molecular weight is 227 g/mol. The van der Waals surface area contributed by atoms with Crippen molar-refractivity contribution in [2.75, 3.05) is 6.54 Å². The smallest absolute Gasteiger partial charge is 0.303 e. The van der Waals surface area contributed by atoms with Gasteiger partial charge in [0.15, 0.2) is 0 Å². The minimum Gasteiger partial charge on any atom is -0.481 e. The fraction of sp³-hybridized carbons (Fsp3) is 0.545. The highest BCUT2D eigenvalue weighted by Gasteiger charge is 2.08. The first-order valence-electron chi connectivity index (χ1n) is 5.10. The molecule has 0 radical (unpaired) electrons. The molecule has 15 heavy (non-hydrogen) atoms. The van der Waals surface area contributed by atoms with Crippen molar-refractivity contribution in [3.63, 3.8) is 0 Å². The molecule has 0 aliphatic heterocycles. The summed E-state index contributed by atoms with van der Waals surface area (Å²) in [5.74, 6) is -0.725. The Hall–Kier alpha value is -0.870. The molecule has 4 heteroatoms. The van der Waals surface area contributed by atoms with Gasteiger partial charge in [0.05, 0.1) is 0 Å². The van der Waals surface area contributed by atoms with Crippen molar-refractivity contribution in [2.45, 2.75) is 32.7 Å². The largest absolute Gasteiger partial charge is 0.481 e. The molecular formula is C11H17NO2S. The molecule has 0 aromatic carbocycles. The lowest BCUT2D eigenvalue weighted by Crippen LogP contribution is -2.20. The van der Waals surface area contributed by atoms with Crippen LogP contribution in [0.25, 0.3) is 0 Å². The zero-order chi connectivity index (χ0) is 11.3. The zero-order valence-corrected chi connectivity index (χ0v) is 9.93. The highest BCUT2D eigenvalue weighted by molar-refractivity contribution is 7.10. The van der Waals surface area contributed by atoms with Crippen LogP contribution in [0.4, 0.5) is 0 Å². The molecule has 1 rings (SSSR count). The van der Waals surface area contributed by atoms with Gasteiger partial charge in [0.2, 0.25) is 0 Å². The lowest BCUT2D eigenvalue weighted by atomic mass is 10.2. The van der Waals surface area contributed by atoms with Gasteiger partial charge in [0.1, 0.15) is 0 Å². The van der Waals surface area contributed by atoms with Crippen LogP contribution in [0, 0.1) is 6.92 Å². The molecule has 84 valence electrons. The molecule has 2 N–H and O–H groups in total. The number of hydrogen-bond donors (Lipinski definition) is 2. The van der Waals surface area contributed by atoms with Crippen LogP contribution in [0.2, 0.25) is 0 Å². The van der Waals surface area contributed by atoms with Gasteiger partial charge in [-0.15, -0.1) is 11.3 Å². The number of rotatable bonds is 6. The molecule has 0 aliphatic rings. The first-order chi connectivity index (χ1) is 7.11. The van der Waals surface area contributed by atoms with Crippen LogP contribution >= 0.6 is 11.3 Å². The summed E-state index contributed by atoms with van der Waals surface area (Å²) < 4.78 is 0. The maximum absolute atomic E-state index is 10.3. The fourth-order valence-corrected chi connectivity index (χ4v) is 2.44. The third-order valence-corrected chi connectivity index (χ3v) is 3.51. The summed E-state index contributed by atoms with van der Waals surface area (Å²) in [5, 5.41) is 13.9. The zero-order valence-electron chi connectivity index (χ0n) is 9.12. The highest BCUT2D eigenvalue weighted by Crippen LogP contribution is 2.23. The van der Waals surface area contributed by atoms with Gasteiger partial charge in [-0.05, 0) is 43.8 Å². The second-order valence-electron chi connectivity index (χ2n) is 3.64. The Morgan fingerprint density at radius 3 is 2.93 bits per heavy atom. The Morgan fingerprint density at radius 1 is 1.67 bits per heavy atom. The predicted molar refractivity (Wildman–Crippen MR) is 62.3 cm³/mol. The first kappa shape index (κ1) is 12.2. The van der Waals surface area contributed by atoms with E-state index in [0.717, 1.165) is 6.54 Å². The molecule has 1 aromatic heterocycles. The van der Waals surface area contributed by atoms with Crippen LogP contribution in [0.3, 0.4) is 0 Å². The molecule has 1 atom stereocenters. The molecule has 0 aliphatic carbocycles. The number of carbonyl (C=O) groups is 1. The van der Waals surface area contributed by atoms with Crippen LogP contribution in [-0.2, 0) is 4.79 Å². The quantitative estimate of drug-likeness (QED) is 0.734. The predicted octanol–water partition coefficient (Wildman–Crippen LogP) is 2.57. The van der Waals surface area contributed by atoms with E-state index in [0.29, 0.717) is 12.5 Å². The minimum absolute atomic E-state index is 0.239. The minimum atomic E-state index is -0.725. The van der Waals surface area contributed by atoms with Crippen molar-refractivity contribution in [3.05, 3.63) is 21.9 Å². The van der Waals surface area contributed by atoms with Crippen LogP contribution in [-0.4, -0.2) is 17.6 Å². The lowest BCUT2D eigenvalue weighted by Gasteiger charge is -2.12. The van der Waals surface area contributed by atoms with E-state index in [1.165, 1.54) is 10.4 Å². The van der Waals surface area contributed by atoms with E-state index in [1.807, 2.05) is 0 Å². The van der Waals surface area contributed by atoms with Gasteiger partial charge in [-0.25, -0.2) is 0 Å². The van der Waals surface area contributed by atoms with E-state index in [9.17, 15) is 4.79 Å².